The van der Waals surface area contributed by atoms with Crippen LogP contribution in [0, 0.1) is 0 Å². The van der Waals surface area contributed by atoms with E-state index in [4.69, 9.17) is 0 Å². The van der Waals surface area contributed by atoms with Gasteiger partial charge in [0.2, 0.25) is 0 Å². The van der Waals surface area contributed by atoms with Crippen LogP contribution < -0.4 is 16.6 Å². The zero-order chi connectivity index (χ0) is 15.4. The van der Waals surface area contributed by atoms with E-state index in [1.165, 1.54) is 22.7 Å². The highest BCUT2D eigenvalue weighted by atomic mass is 16.2. The Hall–Kier alpha value is -2.14. The van der Waals surface area contributed by atoms with Crippen molar-refractivity contribution in [1.82, 2.24) is 14.5 Å². The van der Waals surface area contributed by atoms with Crippen LogP contribution in [0.2, 0.25) is 0 Å². The van der Waals surface area contributed by atoms with Crippen molar-refractivity contribution in [2.45, 2.75) is 26.4 Å². The SMILES string of the molecule is CCc1ccccc1CNCc1cn(C)c(=O)n(C)c1=O. The maximum Gasteiger partial charge on any atom is 0.330 e. The molecule has 0 aliphatic carbocycles. The van der Waals surface area contributed by atoms with Gasteiger partial charge in [-0.15, -0.1) is 0 Å². The third kappa shape index (κ3) is 3.31. The van der Waals surface area contributed by atoms with E-state index >= 15 is 0 Å². The van der Waals surface area contributed by atoms with Crippen molar-refractivity contribution in [3.63, 3.8) is 0 Å². The summed E-state index contributed by atoms with van der Waals surface area (Å²) in [6.07, 6.45) is 2.59. The molecule has 0 aliphatic rings. The molecule has 0 bridgehead atoms. The normalized spacial score (nSPS) is 10.8. The van der Waals surface area contributed by atoms with Gasteiger partial charge in [-0.2, -0.15) is 0 Å². The lowest BCUT2D eigenvalue weighted by atomic mass is 10.1. The van der Waals surface area contributed by atoms with Gasteiger partial charge in [0.25, 0.3) is 5.56 Å². The maximum absolute atomic E-state index is 12.0. The van der Waals surface area contributed by atoms with Crippen LogP contribution in [0.1, 0.15) is 23.6 Å². The number of rotatable bonds is 5. The zero-order valence-electron chi connectivity index (χ0n) is 12.7. The van der Waals surface area contributed by atoms with Crippen molar-refractivity contribution in [2.24, 2.45) is 14.1 Å². The average molecular weight is 287 g/mol. The van der Waals surface area contributed by atoms with Gasteiger partial charge in [-0.05, 0) is 17.5 Å². The Labute approximate surface area is 123 Å². The highest BCUT2D eigenvalue weighted by molar-refractivity contribution is 5.26. The van der Waals surface area contributed by atoms with Crippen LogP contribution in [-0.4, -0.2) is 9.13 Å². The Kier molecular flexibility index (Phi) is 4.75. The molecule has 2 aromatic rings. The molecule has 0 saturated carbocycles. The summed E-state index contributed by atoms with van der Waals surface area (Å²) < 4.78 is 2.56. The fourth-order valence-electron chi connectivity index (χ4n) is 2.41. The molecule has 0 spiro atoms. The van der Waals surface area contributed by atoms with Gasteiger partial charge in [0.05, 0.1) is 0 Å². The van der Waals surface area contributed by atoms with Crippen molar-refractivity contribution in [2.75, 3.05) is 0 Å². The summed E-state index contributed by atoms with van der Waals surface area (Å²) in [6, 6.07) is 8.25. The molecule has 112 valence electrons. The number of nitrogens with one attached hydrogen (secondary N) is 1. The topological polar surface area (TPSA) is 56.0 Å². The molecule has 21 heavy (non-hydrogen) atoms. The summed E-state index contributed by atoms with van der Waals surface area (Å²) in [4.78, 5) is 23.6. The molecule has 0 unspecified atom stereocenters. The van der Waals surface area contributed by atoms with E-state index in [-0.39, 0.29) is 11.2 Å². The van der Waals surface area contributed by atoms with Crippen LogP contribution in [0.15, 0.2) is 40.1 Å². The summed E-state index contributed by atoms with van der Waals surface area (Å²) in [5.41, 5.74) is 2.59. The number of aryl methyl sites for hydroxylation is 2. The molecule has 0 aliphatic heterocycles. The van der Waals surface area contributed by atoms with Crippen molar-refractivity contribution < 1.29 is 0 Å². The molecule has 1 aromatic carbocycles. The summed E-state index contributed by atoms with van der Waals surface area (Å²) in [7, 11) is 3.15. The largest absolute Gasteiger partial charge is 0.330 e. The predicted molar refractivity (Wildman–Crippen MR) is 83.3 cm³/mol. The fraction of sp³-hybridized carbons (Fsp3) is 0.375. The summed E-state index contributed by atoms with van der Waals surface area (Å²) in [5, 5.41) is 3.28. The second-order valence-electron chi connectivity index (χ2n) is 5.14. The van der Waals surface area contributed by atoms with Gasteiger partial charge in [-0.1, -0.05) is 31.2 Å². The molecule has 2 rings (SSSR count). The van der Waals surface area contributed by atoms with Crippen LogP contribution in [0.3, 0.4) is 0 Å². The molecule has 1 aromatic heterocycles. The van der Waals surface area contributed by atoms with Crippen LogP contribution in [-0.2, 0) is 33.6 Å². The van der Waals surface area contributed by atoms with Gasteiger partial charge < -0.3 is 9.88 Å². The van der Waals surface area contributed by atoms with E-state index in [1.807, 2.05) is 12.1 Å². The monoisotopic (exact) mass is 287 g/mol. The lowest BCUT2D eigenvalue weighted by Gasteiger charge is -2.10. The Balaban J connectivity index is 2.11. The molecule has 0 radical (unpaired) electrons. The van der Waals surface area contributed by atoms with E-state index in [1.54, 1.807) is 13.2 Å². The van der Waals surface area contributed by atoms with Crippen LogP contribution >= 0.6 is 0 Å². The maximum atomic E-state index is 12.0. The van der Waals surface area contributed by atoms with Crippen molar-refractivity contribution in [3.8, 4) is 0 Å². The van der Waals surface area contributed by atoms with Crippen molar-refractivity contribution in [1.29, 1.82) is 0 Å². The van der Waals surface area contributed by atoms with Gasteiger partial charge in [0, 0.05) is 38.9 Å². The quantitative estimate of drug-likeness (QED) is 0.890. The third-order valence-electron chi connectivity index (χ3n) is 3.65. The van der Waals surface area contributed by atoms with E-state index in [9.17, 15) is 9.59 Å². The zero-order valence-corrected chi connectivity index (χ0v) is 12.7. The van der Waals surface area contributed by atoms with Gasteiger partial charge in [0.1, 0.15) is 0 Å². The van der Waals surface area contributed by atoms with Gasteiger partial charge in [0.15, 0.2) is 0 Å². The van der Waals surface area contributed by atoms with E-state index in [2.05, 4.69) is 24.4 Å². The van der Waals surface area contributed by atoms with Crippen molar-refractivity contribution in [3.05, 3.63) is 68.0 Å². The molecule has 0 amide bonds. The Bertz CT molecular complexity index is 744. The number of nitrogens with zero attached hydrogens (tertiary/aromatic N) is 2. The second kappa shape index (κ2) is 6.54. The highest BCUT2D eigenvalue weighted by Gasteiger charge is 2.06. The van der Waals surface area contributed by atoms with Crippen molar-refractivity contribution >= 4 is 0 Å². The minimum Gasteiger partial charge on any atom is -0.308 e. The lowest BCUT2D eigenvalue weighted by molar-refractivity contribution is 0.629. The van der Waals surface area contributed by atoms with Gasteiger partial charge >= 0.3 is 5.69 Å². The fourth-order valence-corrected chi connectivity index (χ4v) is 2.41. The molecule has 0 atom stereocenters. The van der Waals surface area contributed by atoms with E-state index in [0.29, 0.717) is 18.7 Å². The number of hydrogen-bond acceptors (Lipinski definition) is 3. The summed E-state index contributed by atoms with van der Waals surface area (Å²) >= 11 is 0. The standard InChI is InChI=1S/C16H21N3O2/c1-4-12-7-5-6-8-13(12)9-17-10-14-11-18(2)16(21)19(3)15(14)20/h5-8,11,17H,4,9-10H2,1-3H3. The molecule has 0 saturated heterocycles. The Morgan fingerprint density at radius 1 is 1.00 bits per heavy atom. The lowest BCUT2D eigenvalue weighted by Crippen LogP contribution is -2.39. The first-order chi connectivity index (χ1) is 10.0. The predicted octanol–water partition coefficient (Wildman–Crippen LogP) is 0.936. The molecular formula is C16H21N3O2. The minimum absolute atomic E-state index is 0.241. The summed E-state index contributed by atoms with van der Waals surface area (Å²) in [6.45, 7) is 3.27. The molecule has 0 fully saturated rings. The second-order valence-corrected chi connectivity index (χ2v) is 5.14. The number of benzene rings is 1. The van der Waals surface area contributed by atoms with Crippen LogP contribution in [0.25, 0.3) is 0 Å². The van der Waals surface area contributed by atoms with E-state index < -0.39 is 0 Å². The highest BCUT2D eigenvalue weighted by Crippen LogP contribution is 2.09. The van der Waals surface area contributed by atoms with E-state index in [0.717, 1.165) is 11.0 Å². The number of hydrogen-bond donors (Lipinski definition) is 1. The summed E-state index contributed by atoms with van der Waals surface area (Å²) in [5.74, 6) is 0. The average Bonchev–Trinajstić information content (AvgIpc) is 2.50. The molecule has 5 heteroatoms. The minimum atomic E-state index is -0.305. The van der Waals surface area contributed by atoms with Crippen LogP contribution in [0.5, 0.6) is 0 Å². The first kappa shape index (κ1) is 15.3. The first-order valence-electron chi connectivity index (χ1n) is 7.07. The molecular weight excluding hydrogens is 266 g/mol. The van der Waals surface area contributed by atoms with Gasteiger partial charge in [-0.3, -0.25) is 9.36 Å². The van der Waals surface area contributed by atoms with Gasteiger partial charge in [-0.25, -0.2) is 4.79 Å². The molecule has 5 nitrogen and oxygen atoms in total. The molecule has 1 heterocycles. The third-order valence-corrected chi connectivity index (χ3v) is 3.65. The smallest absolute Gasteiger partial charge is 0.308 e. The number of aromatic nitrogens is 2. The molecule has 1 N–H and O–H groups in total. The Morgan fingerprint density at radius 3 is 2.29 bits per heavy atom. The first-order valence-corrected chi connectivity index (χ1v) is 7.07. The Morgan fingerprint density at radius 2 is 1.62 bits per heavy atom. The van der Waals surface area contributed by atoms with Crippen LogP contribution in [0.4, 0.5) is 0 Å².